The maximum atomic E-state index is 14.4. The van der Waals surface area contributed by atoms with Crippen LogP contribution in [0.4, 0.5) is 26.2 Å². The second-order valence-corrected chi connectivity index (χ2v) is 8.74. The molecule has 2 atom stereocenters. The number of anilines is 3. The molecular formula is C23H36F2N6O2. The molecule has 0 spiro atoms. The Kier molecular flexibility index (Phi) is 8.61. The summed E-state index contributed by atoms with van der Waals surface area (Å²) in [6.45, 7) is 6.66. The zero-order chi connectivity index (χ0) is 24.0. The molecule has 2 aliphatic carbocycles. The van der Waals surface area contributed by atoms with E-state index in [0.29, 0.717) is 36.9 Å². The molecule has 3 rings (SSSR count). The summed E-state index contributed by atoms with van der Waals surface area (Å²) >= 11 is 0. The molecule has 33 heavy (non-hydrogen) atoms. The summed E-state index contributed by atoms with van der Waals surface area (Å²) in [7, 11) is 1.66. The molecule has 0 bridgehead atoms. The van der Waals surface area contributed by atoms with Crippen LogP contribution >= 0.6 is 0 Å². The van der Waals surface area contributed by atoms with E-state index in [1.54, 1.807) is 13.3 Å². The Morgan fingerprint density at radius 3 is 2.67 bits per heavy atom. The summed E-state index contributed by atoms with van der Waals surface area (Å²) in [6.07, 6.45) is 6.97. The average Bonchev–Trinajstić information content (AvgIpc) is 2.78. The highest BCUT2D eigenvalue weighted by atomic mass is 19.1. The molecule has 0 amide bonds. The zero-order valence-electron chi connectivity index (χ0n) is 19.9. The van der Waals surface area contributed by atoms with Crippen molar-refractivity contribution >= 4 is 17.5 Å². The Morgan fingerprint density at radius 1 is 1.33 bits per heavy atom. The minimum Gasteiger partial charge on any atom is -0.394 e. The minimum atomic E-state index is -1.46. The van der Waals surface area contributed by atoms with Crippen molar-refractivity contribution in [3.63, 3.8) is 0 Å². The van der Waals surface area contributed by atoms with E-state index >= 15 is 0 Å². The first-order valence-corrected chi connectivity index (χ1v) is 11.5. The van der Waals surface area contributed by atoms with Crippen LogP contribution in [0.2, 0.25) is 0 Å². The van der Waals surface area contributed by atoms with Gasteiger partial charge in [-0.3, -0.25) is 5.32 Å². The van der Waals surface area contributed by atoms with E-state index in [0.717, 1.165) is 12.8 Å². The second-order valence-electron chi connectivity index (χ2n) is 8.74. The zero-order valence-corrected chi connectivity index (χ0v) is 19.9. The van der Waals surface area contributed by atoms with Crippen molar-refractivity contribution in [2.24, 2.45) is 0 Å². The molecule has 0 aromatic carbocycles. The number of nitrogens with two attached hydrogens (primary N) is 1. The number of nitrogens with one attached hydrogen (secondary N) is 2. The smallest absolute Gasteiger partial charge is 0.224 e. The van der Waals surface area contributed by atoms with Crippen LogP contribution in [0.15, 0.2) is 30.3 Å². The van der Waals surface area contributed by atoms with Crippen LogP contribution in [-0.2, 0) is 9.47 Å². The SMILES string of the molecule is CCOC1(OC)CCC(N(CNC2C(F)=CC=CC2F)c2nc(NC(C)C)ncc2N)CC1. The lowest BCUT2D eigenvalue weighted by molar-refractivity contribution is -0.237. The van der Waals surface area contributed by atoms with E-state index in [1.807, 2.05) is 25.7 Å². The topological polar surface area (TPSA) is 97.6 Å². The van der Waals surface area contributed by atoms with Crippen molar-refractivity contribution in [3.05, 3.63) is 30.3 Å². The van der Waals surface area contributed by atoms with Gasteiger partial charge in [-0.05, 0) is 45.8 Å². The average molecular weight is 467 g/mol. The van der Waals surface area contributed by atoms with E-state index in [2.05, 4.69) is 20.6 Å². The minimum absolute atomic E-state index is 0.0227. The summed E-state index contributed by atoms with van der Waals surface area (Å²) in [6, 6.07) is -0.898. The predicted molar refractivity (Wildman–Crippen MR) is 126 cm³/mol. The standard InChI is InChI=1S/C23H36F2N6O2/c1-5-33-23(32-4)11-9-16(10-12-23)31(14-28-20-17(24)7-6-8-18(20)25)21-19(26)13-27-22(30-21)29-15(2)3/h6-8,13,15-17,20,28H,5,9-12,14,26H2,1-4H3,(H,27,29,30). The fraction of sp³-hybridized carbons (Fsp3) is 0.652. The lowest BCUT2D eigenvalue weighted by Crippen LogP contribution is -2.52. The molecule has 1 saturated carbocycles. The first-order chi connectivity index (χ1) is 15.8. The summed E-state index contributed by atoms with van der Waals surface area (Å²) in [4.78, 5) is 10.9. The normalized spacial score (nSPS) is 27.5. The van der Waals surface area contributed by atoms with Gasteiger partial charge in [-0.25, -0.2) is 13.8 Å². The van der Waals surface area contributed by atoms with Crippen LogP contribution in [-0.4, -0.2) is 60.4 Å². The summed E-state index contributed by atoms with van der Waals surface area (Å²) < 4.78 is 40.3. The summed E-state index contributed by atoms with van der Waals surface area (Å²) in [5.74, 6) is -0.177. The number of nitrogens with zero attached hydrogens (tertiary/aromatic N) is 3. The Bertz CT molecular complexity index is 842. The van der Waals surface area contributed by atoms with Crippen molar-refractivity contribution in [2.45, 2.75) is 76.5 Å². The van der Waals surface area contributed by atoms with Crippen LogP contribution in [0.3, 0.4) is 0 Å². The Labute approximate surface area is 194 Å². The third-order valence-corrected chi connectivity index (χ3v) is 6.07. The summed E-state index contributed by atoms with van der Waals surface area (Å²) in [5.41, 5.74) is 6.67. The third-order valence-electron chi connectivity index (χ3n) is 6.07. The number of aromatic nitrogens is 2. The number of methoxy groups -OCH3 is 1. The molecule has 2 aliphatic rings. The highest BCUT2D eigenvalue weighted by Crippen LogP contribution is 2.37. The molecule has 2 unspecified atom stereocenters. The van der Waals surface area contributed by atoms with Gasteiger partial charge in [0.1, 0.15) is 12.0 Å². The number of halogens is 2. The second kappa shape index (κ2) is 11.2. The largest absolute Gasteiger partial charge is 0.394 e. The van der Waals surface area contributed by atoms with E-state index in [1.165, 1.54) is 18.2 Å². The van der Waals surface area contributed by atoms with Crippen molar-refractivity contribution in [1.82, 2.24) is 15.3 Å². The Balaban J connectivity index is 1.84. The maximum absolute atomic E-state index is 14.4. The van der Waals surface area contributed by atoms with E-state index in [4.69, 9.17) is 15.2 Å². The monoisotopic (exact) mass is 466 g/mol. The number of allylic oxidation sites excluding steroid dienone is 2. The molecular weight excluding hydrogens is 430 g/mol. The fourth-order valence-electron chi connectivity index (χ4n) is 4.37. The third kappa shape index (κ3) is 6.18. The van der Waals surface area contributed by atoms with E-state index in [-0.39, 0.29) is 18.8 Å². The van der Waals surface area contributed by atoms with Gasteiger partial charge in [-0.1, -0.05) is 6.08 Å². The van der Waals surface area contributed by atoms with Crippen LogP contribution < -0.4 is 21.3 Å². The van der Waals surface area contributed by atoms with Gasteiger partial charge in [0, 0.05) is 38.6 Å². The lowest BCUT2D eigenvalue weighted by atomic mass is 9.89. The molecule has 1 fully saturated rings. The molecule has 0 saturated heterocycles. The predicted octanol–water partition coefficient (Wildman–Crippen LogP) is 3.68. The number of alkyl halides is 1. The van der Waals surface area contributed by atoms with Gasteiger partial charge in [0.15, 0.2) is 11.6 Å². The van der Waals surface area contributed by atoms with E-state index < -0.39 is 23.8 Å². The number of ether oxygens (including phenoxy) is 2. The maximum Gasteiger partial charge on any atom is 0.224 e. The fourth-order valence-corrected chi connectivity index (χ4v) is 4.37. The molecule has 1 aromatic heterocycles. The van der Waals surface area contributed by atoms with Gasteiger partial charge in [0.2, 0.25) is 5.95 Å². The molecule has 8 nitrogen and oxygen atoms in total. The molecule has 10 heteroatoms. The van der Waals surface area contributed by atoms with Gasteiger partial charge in [0.05, 0.1) is 24.6 Å². The molecule has 1 heterocycles. The molecule has 4 N–H and O–H groups in total. The van der Waals surface area contributed by atoms with E-state index in [9.17, 15) is 8.78 Å². The van der Waals surface area contributed by atoms with Crippen molar-refractivity contribution in [1.29, 1.82) is 0 Å². The van der Waals surface area contributed by atoms with Crippen molar-refractivity contribution in [3.8, 4) is 0 Å². The molecule has 0 aliphatic heterocycles. The van der Waals surface area contributed by atoms with Crippen LogP contribution in [0.5, 0.6) is 0 Å². The Morgan fingerprint density at radius 2 is 2.06 bits per heavy atom. The quantitative estimate of drug-likeness (QED) is 0.449. The molecule has 184 valence electrons. The van der Waals surface area contributed by atoms with Crippen molar-refractivity contribution in [2.75, 3.05) is 36.3 Å². The van der Waals surface area contributed by atoms with Gasteiger partial charge in [0.25, 0.3) is 0 Å². The lowest BCUT2D eigenvalue weighted by Gasteiger charge is -2.43. The van der Waals surface area contributed by atoms with Gasteiger partial charge in [-0.15, -0.1) is 0 Å². The highest BCUT2D eigenvalue weighted by molar-refractivity contribution is 5.64. The number of hydrogen-bond donors (Lipinski definition) is 3. The van der Waals surface area contributed by atoms with Gasteiger partial charge in [-0.2, -0.15) is 4.98 Å². The Hall–Kier alpha value is -2.30. The number of hydrogen-bond acceptors (Lipinski definition) is 8. The highest BCUT2D eigenvalue weighted by Gasteiger charge is 2.39. The van der Waals surface area contributed by atoms with Crippen LogP contribution in [0.1, 0.15) is 46.5 Å². The van der Waals surface area contributed by atoms with Gasteiger partial charge < -0.3 is 25.4 Å². The molecule has 1 aromatic rings. The van der Waals surface area contributed by atoms with Crippen LogP contribution in [0, 0.1) is 0 Å². The first-order valence-electron chi connectivity index (χ1n) is 11.5. The number of rotatable bonds is 10. The van der Waals surface area contributed by atoms with Crippen LogP contribution in [0.25, 0.3) is 0 Å². The first kappa shape index (κ1) is 25.3. The van der Waals surface area contributed by atoms with Crippen molar-refractivity contribution < 1.29 is 18.3 Å². The molecule has 0 radical (unpaired) electrons. The summed E-state index contributed by atoms with van der Waals surface area (Å²) in [5, 5.41) is 6.21. The van der Waals surface area contributed by atoms with Gasteiger partial charge >= 0.3 is 0 Å². The number of nitrogen functional groups attached to an aromatic ring is 1.